The molecule has 0 aliphatic heterocycles. The molecular weight excluding hydrogens is 332 g/mol. The predicted molar refractivity (Wildman–Crippen MR) is 113 cm³/mol. The molecule has 0 radical (unpaired) electrons. The van der Waals surface area contributed by atoms with E-state index < -0.39 is 0 Å². The number of rotatable bonds is 3. The van der Waals surface area contributed by atoms with Gasteiger partial charge in [-0.15, -0.1) is 0 Å². The van der Waals surface area contributed by atoms with Gasteiger partial charge in [-0.05, 0) is 49.4 Å². The Bertz CT molecular complexity index is 1000. The Hall–Kier alpha value is -3.40. The number of aromatic amines is 1. The number of nitrogens with one attached hydrogen (secondary N) is 1. The molecule has 0 spiro atoms. The number of imidazole rings is 1. The number of H-pyrrole nitrogens is 1. The number of benzene rings is 2. The number of anilines is 1. The van der Waals surface area contributed by atoms with Crippen LogP contribution < -0.4 is 5.73 Å². The molecule has 4 aromatic rings. The lowest BCUT2D eigenvalue weighted by molar-refractivity contribution is 1.30. The highest BCUT2D eigenvalue weighted by Gasteiger charge is 2.15. The molecule has 0 aliphatic carbocycles. The van der Waals surface area contributed by atoms with Gasteiger partial charge >= 0.3 is 0 Å². The topological polar surface area (TPSA) is 67.6 Å². The highest BCUT2D eigenvalue weighted by Crippen LogP contribution is 2.33. The summed E-state index contributed by atoms with van der Waals surface area (Å²) >= 11 is 0. The highest BCUT2D eigenvalue weighted by molar-refractivity contribution is 5.81. The van der Waals surface area contributed by atoms with E-state index in [-0.39, 0.29) is 0 Å². The van der Waals surface area contributed by atoms with Crippen molar-refractivity contribution in [3.63, 3.8) is 0 Å². The Morgan fingerprint density at radius 3 is 2.19 bits per heavy atom. The molecule has 2 heterocycles. The quantitative estimate of drug-likeness (QED) is 0.461. The molecule has 0 bridgehead atoms. The number of nitrogens with two attached hydrogens (primary N) is 1. The maximum Gasteiger partial charge on any atom is 0.138 e. The van der Waals surface area contributed by atoms with Gasteiger partial charge in [-0.1, -0.05) is 37.6 Å². The molecule has 3 N–H and O–H groups in total. The first-order valence-corrected chi connectivity index (χ1v) is 9.14. The lowest BCUT2D eigenvalue weighted by Gasteiger charge is -2.03. The van der Waals surface area contributed by atoms with E-state index in [0.717, 1.165) is 39.6 Å². The largest absolute Gasteiger partial charge is 0.399 e. The second kappa shape index (κ2) is 8.32. The number of nitrogen functional groups attached to an aromatic ring is 1. The summed E-state index contributed by atoms with van der Waals surface area (Å²) in [6.45, 7) is 6.09. The monoisotopic (exact) mass is 356 g/mol. The molecule has 2 aromatic carbocycles. The Balaban J connectivity index is 0.00000102. The number of hydrogen-bond donors (Lipinski definition) is 2. The summed E-state index contributed by atoms with van der Waals surface area (Å²) in [7, 11) is 0. The zero-order valence-electron chi connectivity index (χ0n) is 15.9. The standard InChI is InChI=1S/C21H18N4.C2H6/c1-14-3-2-4-17(13-14)20-19(15-9-11-23-12-10-15)24-21(25-20)16-5-7-18(22)8-6-16;1-2/h2-13H,22H2,1H3,(H,24,25);1-2H3. The third-order valence-electron chi connectivity index (χ3n) is 4.15. The van der Waals surface area contributed by atoms with Gasteiger partial charge in [0.15, 0.2) is 0 Å². The van der Waals surface area contributed by atoms with E-state index in [1.807, 2.05) is 50.2 Å². The van der Waals surface area contributed by atoms with Crippen LogP contribution in [-0.2, 0) is 0 Å². The van der Waals surface area contributed by atoms with Gasteiger partial charge in [0.05, 0.1) is 11.4 Å². The molecule has 4 nitrogen and oxygen atoms in total. The summed E-state index contributed by atoms with van der Waals surface area (Å²) in [6.07, 6.45) is 3.58. The molecule has 0 unspecified atom stereocenters. The van der Waals surface area contributed by atoms with E-state index in [1.54, 1.807) is 12.4 Å². The lowest BCUT2D eigenvalue weighted by atomic mass is 10.0. The van der Waals surface area contributed by atoms with Crippen LogP contribution >= 0.6 is 0 Å². The number of pyridine rings is 1. The van der Waals surface area contributed by atoms with E-state index in [1.165, 1.54) is 5.56 Å². The summed E-state index contributed by atoms with van der Waals surface area (Å²) in [5.74, 6) is 0.823. The Morgan fingerprint density at radius 1 is 0.815 bits per heavy atom. The smallest absolute Gasteiger partial charge is 0.138 e. The fourth-order valence-electron chi connectivity index (χ4n) is 2.88. The fraction of sp³-hybridized carbons (Fsp3) is 0.130. The first-order chi connectivity index (χ1) is 13.2. The highest BCUT2D eigenvalue weighted by atomic mass is 14.9. The molecule has 0 atom stereocenters. The summed E-state index contributed by atoms with van der Waals surface area (Å²) in [5, 5.41) is 0. The van der Waals surface area contributed by atoms with Crippen molar-refractivity contribution in [3.05, 3.63) is 78.6 Å². The zero-order valence-corrected chi connectivity index (χ0v) is 15.9. The van der Waals surface area contributed by atoms with Gasteiger partial charge in [0.1, 0.15) is 5.82 Å². The molecule has 0 fully saturated rings. The van der Waals surface area contributed by atoms with Crippen molar-refractivity contribution in [2.45, 2.75) is 20.8 Å². The first-order valence-electron chi connectivity index (χ1n) is 9.14. The van der Waals surface area contributed by atoms with Crippen molar-refractivity contribution in [1.29, 1.82) is 0 Å². The SMILES string of the molecule is CC.Cc1cccc(-c2nc(-c3ccc(N)cc3)[nH]c2-c2ccncc2)c1. The summed E-state index contributed by atoms with van der Waals surface area (Å²) in [6, 6.07) is 20.1. The van der Waals surface area contributed by atoms with Crippen LogP contribution in [-0.4, -0.2) is 15.0 Å². The maximum atomic E-state index is 5.80. The van der Waals surface area contributed by atoms with Crippen molar-refractivity contribution >= 4 is 5.69 Å². The second-order valence-corrected chi connectivity index (χ2v) is 6.04. The van der Waals surface area contributed by atoms with Gasteiger partial charge in [0.2, 0.25) is 0 Å². The summed E-state index contributed by atoms with van der Waals surface area (Å²) in [5.41, 5.74) is 12.8. The molecule has 136 valence electrons. The third-order valence-corrected chi connectivity index (χ3v) is 4.15. The minimum Gasteiger partial charge on any atom is -0.399 e. The van der Waals surface area contributed by atoms with Gasteiger partial charge in [-0.25, -0.2) is 4.98 Å². The van der Waals surface area contributed by atoms with Gasteiger partial charge in [0.25, 0.3) is 0 Å². The number of hydrogen-bond acceptors (Lipinski definition) is 3. The Morgan fingerprint density at radius 2 is 1.52 bits per heavy atom. The Kier molecular flexibility index (Phi) is 5.67. The van der Waals surface area contributed by atoms with Gasteiger partial charge in [0, 0.05) is 34.8 Å². The van der Waals surface area contributed by atoms with Crippen molar-refractivity contribution in [2.24, 2.45) is 0 Å². The average Bonchev–Trinajstić information content (AvgIpc) is 3.16. The predicted octanol–water partition coefficient (Wildman–Crippen LogP) is 5.72. The first kappa shape index (κ1) is 18.4. The van der Waals surface area contributed by atoms with Crippen LogP contribution in [0, 0.1) is 6.92 Å². The molecule has 4 heteroatoms. The van der Waals surface area contributed by atoms with Crippen molar-refractivity contribution in [2.75, 3.05) is 5.73 Å². The number of aromatic nitrogens is 3. The van der Waals surface area contributed by atoms with Crippen LogP contribution in [0.1, 0.15) is 19.4 Å². The van der Waals surface area contributed by atoms with Crippen LogP contribution in [0.25, 0.3) is 33.9 Å². The van der Waals surface area contributed by atoms with Crippen LogP contribution in [0.3, 0.4) is 0 Å². The third kappa shape index (κ3) is 4.06. The van der Waals surface area contributed by atoms with E-state index in [0.29, 0.717) is 0 Å². The number of aryl methyl sites for hydroxylation is 1. The molecule has 0 aliphatic rings. The molecule has 0 saturated carbocycles. The van der Waals surface area contributed by atoms with Crippen molar-refractivity contribution in [3.8, 4) is 33.9 Å². The molecule has 4 rings (SSSR count). The molecule has 27 heavy (non-hydrogen) atoms. The average molecular weight is 356 g/mol. The zero-order chi connectivity index (χ0) is 19.2. The molecule has 2 aromatic heterocycles. The van der Waals surface area contributed by atoms with Crippen LogP contribution in [0.5, 0.6) is 0 Å². The summed E-state index contributed by atoms with van der Waals surface area (Å²) < 4.78 is 0. The molecule has 0 saturated heterocycles. The van der Waals surface area contributed by atoms with Gasteiger partial charge < -0.3 is 10.7 Å². The molecule has 0 amide bonds. The van der Waals surface area contributed by atoms with E-state index >= 15 is 0 Å². The van der Waals surface area contributed by atoms with Crippen molar-refractivity contribution < 1.29 is 0 Å². The van der Waals surface area contributed by atoms with E-state index in [4.69, 9.17) is 10.7 Å². The fourth-order valence-corrected chi connectivity index (χ4v) is 2.88. The maximum absolute atomic E-state index is 5.80. The second-order valence-electron chi connectivity index (χ2n) is 6.04. The lowest BCUT2D eigenvalue weighted by Crippen LogP contribution is -1.85. The Labute approximate surface area is 160 Å². The van der Waals surface area contributed by atoms with Gasteiger partial charge in [-0.2, -0.15) is 0 Å². The number of nitrogens with zero attached hydrogens (tertiary/aromatic N) is 2. The minimum atomic E-state index is 0.739. The minimum absolute atomic E-state index is 0.739. The van der Waals surface area contributed by atoms with Crippen LogP contribution in [0.15, 0.2) is 73.1 Å². The summed E-state index contributed by atoms with van der Waals surface area (Å²) in [4.78, 5) is 12.5. The van der Waals surface area contributed by atoms with Crippen LogP contribution in [0.4, 0.5) is 5.69 Å². The van der Waals surface area contributed by atoms with Crippen molar-refractivity contribution in [1.82, 2.24) is 15.0 Å². The van der Waals surface area contributed by atoms with E-state index in [9.17, 15) is 0 Å². The normalized spacial score (nSPS) is 10.2. The van der Waals surface area contributed by atoms with E-state index in [2.05, 4.69) is 41.2 Å². The molecular formula is C23H24N4. The van der Waals surface area contributed by atoms with Gasteiger partial charge in [-0.3, -0.25) is 4.98 Å². The van der Waals surface area contributed by atoms with Crippen LogP contribution in [0.2, 0.25) is 0 Å².